The molecule has 1 aromatic carbocycles. The molecule has 3 aromatic rings. The Bertz CT molecular complexity index is 902. The SMILES string of the molecule is CC(=O)c1cccc(-c2cnc3ccc(OCCCCN(C)C)nn23)c1. The lowest BCUT2D eigenvalue weighted by atomic mass is 10.1. The number of hydrogen-bond acceptors (Lipinski definition) is 5. The first-order valence-electron chi connectivity index (χ1n) is 8.78. The zero-order chi connectivity index (χ0) is 18.5. The lowest BCUT2D eigenvalue weighted by Crippen LogP contribution is -2.14. The van der Waals surface area contributed by atoms with Crippen LogP contribution in [-0.2, 0) is 0 Å². The Hall–Kier alpha value is -2.73. The van der Waals surface area contributed by atoms with Gasteiger partial charge in [-0.1, -0.05) is 18.2 Å². The quantitative estimate of drug-likeness (QED) is 0.460. The van der Waals surface area contributed by atoms with E-state index in [1.807, 2.05) is 36.4 Å². The van der Waals surface area contributed by atoms with Gasteiger partial charge >= 0.3 is 0 Å². The smallest absolute Gasteiger partial charge is 0.231 e. The average molecular weight is 352 g/mol. The van der Waals surface area contributed by atoms with E-state index in [9.17, 15) is 4.79 Å². The fraction of sp³-hybridized carbons (Fsp3) is 0.350. The van der Waals surface area contributed by atoms with Crippen LogP contribution in [0.1, 0.15) is 30.1 Å². The average Bonchev–Trinajstić information content (AvgIpc) is 3.04. The molecule has 26 heavy (non-hydrogen) atoms. The number of hydrogen-bond donors (Lipinski definition) is 0. The molecule has 0 bridgehead atoms. The number of aromatic nitrogens is 3. The number of benzene rings is 1. The van der Waals surface area contributed by atoms with Gasteiger partial charge in [-0.25, -0.2) is 9.50 Å². The lowest BCUT2D eigenvalue weighted by Gasteiger charge is -2.10. The summed E-state index contributed by atoms with van der Waals surface area (Å²) in [6.07, 6.45) is 3.83. The summed E-state index contributed by atoms with van der Waals surface area (Å²) in [6, 6.07) is 11.2. The van der Waals surface area contributed by atoms with Crippen LogP contribution < -0.4 is 4.74 Å². The van der Waals surface area contributed by atoms with Gasteiger partial charge in [0, 0.05) is 17.2 Å². The van der Waals surface area contributed by atoms with Crippen LogP contribution in [-0.4, -0.2) is 52.5 Å². The second-order valence-corrected chi connectivity index (χ2v) is 6.58. The highest BCUT2D eigenvalue weighted by Crippen LogP contribution is 2.22. The molecule has 0 amide bonds. The summed E-state index contributed by atoms with van der Waals surface area (Å²) >= 11 is 0. The van der Waals surface area contributed by atoms with Crippen molar-refractivity contribution in [2.24, 2.45) is 0 Å². The number of carbonyl (C=O) groups excluding carboxylic acids is 1. The van der Waals surface area contributed by atoms with Gasteiger partial charge in [0.1, 0.15) is 0 Å². The standard InChI is InChI=1S/C20H24N4O2/c1-15(25)16-7-6-8-17(13-16)18-14-21-19-9-10-20(22-24(18)19)26-12-5-4-11-23(2)3/h6-10,13-14H,4-5,11-12H2,1-3H3. The molecule has 136 valence electrons. The molecule has 0 aliphatic rings. The second kappa shape index (κ2) is 8.10. The van der Waals surface area contributed by atoms with Crippen molar-refractivity contribution in [3.05, 3.63) is 48.2 Å². The summed E-state index contributed by atoms with van der Waals surface area (Å²) < 4.78 is 7.54. The number of fused-ring (bicyclic) bond motifs is 1. The van der Waals surface area contributed by atoms with Crippen LogP contribution in [0.15, 0.2) is 42.6 Å². The van der Waals surface area contributed by atoms with E-state index >= 15 is 0 Å². The van der Waals surface area contributed by atoms with Crippen molar-refractivity contribution in [2.45, 2.75) is 19.8 Å². The van der Waals surface area contributed by atoms with E-state index in [0.29, 0.717) is 18.1 Å². The molecule has 0 aliphatic carbocycles. The number of unbranched alkanes of at least 4 members (excludes halogenated alkanes) is 1. The molecular formula is C20H24N4O2. The van der Waals surface area contributed by atoms with Crippen molar-refractivity contribution in [3.63, 3.8) is 0 Å². The minimum Gasteiger partial charge on any atom is -0.477 e. The first-order valence-corrected chi connectivity index (χ1v) is 8.78. The van der Waals surface area contributed by atoms with Gasteiger partial charge in [-0.15, -0.1) is 5.10 Å². The number of carbonyl (C=O) groups is 1. The van der Waals surface area contributed by atoms with Crippen molar-refractivity contribution in [3.8, 4) is 17.1 Å². The molecule has 3 rings (SSSR count). The summed E-state index contributed by atoms with van der Waals surface area (Å²) in [7, 11) is 4.13. The maximum Gasteiger partial charge on any atom is 0.231 e. The molecule has 0 N–H and O–H groups in total. The Morgan fingerprint density at radius 2 is 2.04 bits per heavy atom. The molecule has 0 fully saturated rings. The second-order valence-electron chi connectivity index (χ2n) is 6.58. The molecule has 0 saturated heterocycles. The molecule has 6 heteroatoms. The third-order valence-corrected chi connectivity index (χ3v) is 4.15. The molecule has 0 atom stereocenters. The van der Waals surface area contributed by atoms with E-state index in [-0.39, 0.29) is 5.78 Å². The highest BCUT2D eigenvalue weighted by molar-refractivity contribution is 5.95. The van der Waals surface area contributed by atoms with Crippen LogP contribution in [0.5, 0.6) is 5.88 Å². The maximum absolute atomic E-state index is 11.6. The van der Waals surface area contributed by atoms with Gasteiger partial charge < -0.3 is 9.64 Å². The zero-order valence-corrected chi connectivity index (χ0v) is 15.5. The van der Waals surface area contributed by atoms with E-state index in [1.54, 1.807) is 17.6 Å². The molecule has 2 aromatic heterocycles. The number of Topliss-reactive ketones (excluding diaryl/α,β-unsaturated/α-hetero) is 1. The number of ether oxygens (including phenoxy) is 1. The highest BCUT2D eigenvalue weighted by Gasteiger charge is 2.10. The van der Waals surface area contributed by atoms with Crippen molar-refractivity contribution in [1.82, 2.24) is 19.5 Å². The third-order valence-electron chi connectivity index (χ3n) is 4.15. The predicted molar refractivity (Wildman–Crippen MR) is 102 cm³/mol. The van der Waals surface area contributed by atoms with Crippen LogP contribution in [0.2, 0.25) is 0 Å². The Labute approximate surface area is 153 Å². The highest BCUT2D eigenvalue weighted by atomic mass is 16.5. The van der Waals surface area contributed by atoms with Crippen molar-refractivity contribution < 1.29 is 9.53 Å². The molecule has 6 nitrogen and oxygen atoms in total. The van der Waals surface area contributed by atoms with Crippen molar-refractivity contribution in [1.29, 1.82) is 0 Å². The first-order chi connectivity index (χ1) is 12.5. The topological polar surface area (TPSA) is 59.7 Å². The zero-order valence-electron chi connectivity index (χ0n) is 15.5. The molecule has 0 spiro atoms. The Morgan fingerprint density at radius 1 is 1.19 bits per heavy atom. The van der Waals surface area contributed by atoms with Crippen LogP contribution in [0.3, 0.4) is 0 Å². The molecule has 2 heterocycles. The molecule has 0 aliphatic heterocycles. The predicted octanol–water partition coefficient (Wildman–Crippen LogP) is 3.32. The number of nitrogens with zero attached hydrogens (tertiary/aromatic N) is 4. The van der Waals surface area contributed by atoms with Gasteiger partial charge in [-0.3, -0.25) is 4.79 Å². The number of ketones is 1. The van der Waals surface area contributed by atoms with Crippen LogP contribution in [0, 0.1) is 0 Å². The van der Waals surface area contributed by atoms with E-state index < -0.39 is 0 Å². The van der Waals surface area contributed by atoms with Crippen molar-refractivity contribution in [2.75, 3.05) is 27.2 Å². The van der Waals surface area contributed by atoms with Gasteiger partial charge in [0.15, 0.2) is 11.4 Å². The maximum atomic E-state index is 11.6. The van der Waals surface area contributed by atoms with Crippen LogP contribution >= 0.6 is 0 Å². The van der Waals surface area contributed by atoms with Gasteiger partial charge in [-0.05, 0) is 52.5 Å². The first kappa shape index (κ1) is 18.1. The lowest BCUT2D eigenvalue weighted by molar-refractivity contribution is 0.101. The summed E-state index contributed by atoms with van der Waals surface area (Å²) in [6.45, 7) is 3.25. The van der Waals surface area contributed by atoms with E-state index in [0.717, 1.165) is 36.3 Å². The molecule has 0 saturated carbocycles. The van der Waals surface area contributed by atoms with Gasteiger partial charge in [-0.2, -0.15) is 0 Å². The van der Waals surface area contributed by atoms with Crippen LogP contribution in [0.4, 0.5) is 0 Å². The van der Waals surface area contributed by atoms with Gasteiger partial charge in [0.2, 0.25) is 5.88 Å². The Kier molecular flexibility index (Phi) is 5.63. The van der Waals surface area contributed by atoms with E-state index in [4.69, 9.17) is 4.74 Å². The van der Waals surface area contributed by atoms with Crippen molar-refractivity contribution >= 4 is 11.4 Å². The molecule has 0 radical (unpaired) electrons. The summed E-state index contributed by atoms with van der Waals surface area (Å²) in [4.78, 5) is 18.2. The summed E-state index contributed by atoms with van der Waals surface area (Å²) in [5.41, 5.74) is 3.15. The van der Waals surface area contributed by atoms with Gasteiger partial charge in [0.05, 0.1) is 18.5 Å². The fourth-order valence-electron chi connectivity index (χ4n) is 2.73. The minimum absolute atomic E-state index is 0.0374. The van der Waals surface area contributed by atoms with Gasteiger partial charge in [0.25, 0.3) is 0 Å². The molecule has 0 unspecified atom stereocenters. The van der Waals surface area contributed by atoms with Crippen LogP contribution in [0.25, 0.3) is 16.9 Å². The number of rotatable bonds is 8. The Balaban J connectivity index is 1.78. The minimum atomic E-state index is 0.0374. The summed E-state index contributed by atoms with van der Waals surface area (Å²) in [5, 5.41) is 4.56. The number of imidazole rings is 1. The monoisotopic (exact) mass is 352 g/mol. The third kappa shape index (κ3) is 4.26. The summed E-state index contributed by atoms with van der Waals surface area (Å²) in [5.74, 6) is 0.611. The fourth-order valence-corrected chi connectivity index (χ4v) is 2.73. The Morgan fingerprint density at radius 3 is 2.81 bits per heavy atom. The molecular weight excluding hydrogens is 328 g/mol. The normalized spacial score (nSPS) is 11.2. The van der Waals surface area contributed by atoms with E-state index in [1.165, 1.54) is 0 Å². The largest absolute Gasteiger partial charge is 0.477 e. The van der Waals surface area contributed by atoms with E-state index in [2.05, 4.69) is 29.1 Å².